The quantitative estimate of drug-likeness (QED) is 0.669. The summed E-state index contributed by atoms with van der Waals surface area (Å²) in [7, 11) is -2.32. The van der Waals surface area contributed by atoms with Gasteiger partial charge in [0.05, 0.1) is 11.5 Å². The first kappa shape index (κ1) is 18.2. The molecule has 0 spiro atoms. The van der Waals surface area contributed by atoms with Gasteiger partial charge in [-0.3, -0.25) is 0 Å². The van der Waals surface area contributed by atoms with Crippen LogP contribution < -0.4 is 14.8 Å². The summed E-state index contributed by atoms with van der Waals surface area (Å²) in [6.45, 7) is 3.23. The molecule has 124 valence electrons. The van der Waals surface area contributed by atoms with Gasteiger partial charge in [-0.25, -0.2) is 17.9 Å². The first-order valence-corrected chi connectivity index (χ1v) is 8.50. The number of rotatable bonds is 9. The number of amides is 2. The largest absolute Gasteiger partial charge is 0.491 e. The number of hydrogen-bond donors (Lipinski definition) is 2. The van der Waals surface area contributed by atoms with E-state index in [9.17, 15) is 13.2 Å². The SMILES string of the molecule is CCCCNC(=O)NS(=O)(=O)c1ccc(OCCOC)cc1. The van der Waals surface area contributed by atoms with E-state index in [0.717, 1.165) is 12.8 Å². The van der Waals surface area contributed by atoms with Crippen LogP contribution in [0.15, 0.2) is 29.2 Å². The van der Waals surface area contributed by atoms with Gasteiger partial charge >= 0.3 is 6.03 Å². The van der Waals surface area contributed by atoms with Gasteiger partial charge in [0.2, 0.25) is 0 Å². The van der Waals surface area contributed by atoms with Crippen molar-refractivity contribution in [3.8, 4) is 5.75 Å². The van der Waals surface area contributed by atoms with Crippen LogP contribution in [0.3, 0.4) is 0 Å². The van der Waals surface area contributed by atoms with Crippen molar-refractivity contribution in [1.82, 2.24) is 10.0 Å². The van der Waals surface area contributed by atoms with Gasteiger partial charge in [0.1, 0.15) is 12.4 Å². The Morgan fingerprint density at radius 3 is 2.45 bits per heavy atom. The number of methoxy groups -OCH3 is 1. The summed E-state index contributed by atoms with van der Waals surface area (Å²) in [5.41, 5.74) is 0. The Hall–Kier alpha value is -1.80. The maximum Gasteiger partial charge on any atom is 0.328 e. The molecular weight excluding hydrogens is 308 g/mol. The highest BCUT2D eigenvalue weighted by Crippen LogP contribution is 2.15. The van der Waals surface area contributed by atoms with Gasteiger partial charge in [-0.05, 0) is 30.7 Å². The molecule has 0 heterocycles. The molecule has 2 amide bonds. The third kappa shape index (κ3) is 6.31. The van der Waals surface area contributed by atoms with Gasteiger partial charge in [0.25, 0.3) is 10.0 Å². The highest BCUT2D eigenvalue weighted by atomic mass is 32.2. The Morgan fingerprint density at radius 2 is 1.86 bits per heavy atom. The van der Waals surface area contributed by atoms with Crippen LogP contribution in [0.25, 0.3) is 0 Å². The maximum atomic E-state index is 12.0. The van der Waals surface area contributed by atoms with E-state index < -0.39 is 16.1 Å². The zero-order valence-electron chi connectivity index (χ0n) is 12.8. The predicted molar refractivity (Wildman–Crippen MR) is 82.4 cm³/mol. The topological polar surface area (TPSA) is 93.7 Å². The van der Waals surface area contributed by atoms with Gasteiger partial charge in [-0.15, -0.1) is 0 Å². The maximum absolute atomic E-state index is 12.0. The molecule has 0 saturated heterocycles. The average Bonchev–Trinajstić information content (AvgIpc) is 2.48. The second-order valence-electron chi connectivity index (χ2n) is 4.53. The van der Waals surface area contributed by atoms with Gasteiger partial charge < -0.3 is 14.8 Å². The van der Waals surface area contributed by atoms with Crippen molar-refractivity contribution in [3.63, 3.8) is 0 Å². The zero-order chi connectivity index (χ0) is 16.4. The number of nitrogens with one attached hydrogen (secondary N) is 2. The van der Waals surface area contributed by atoms with Crippen LogP contribution in [0.5, 0.6) is 5.75 Å². The average molecular weight is 330 g/mol. The predicted octanol–water partition coefficient (Wildman–Crippen LogP) is 1.50. The third-order valence-corrected chi connectivity index (χ3v) is 4.08. The summed E-state index contributed by atoms with van der Waals surface area (Å²) in [6.07, 6.45) is 1.71. The summed E-state index contributed by atoms with van der Waals surface area (Å²) in [5, 5.41) is 2.49. The molecule has 0 aromatic heterocycles. The van der Waals surface area contributed by atoms with Crippen LogP contribution in [-0.2, 0) is 14.8 Å². The van der Waals surface area contributed by atoms with E-state index in [-0.39, 0.29) is 4.90 Å². The fourth-order valence-corrected chi connectivity index (χ4v) is 2.48. The molecule has 0 bridgehead atoms. The second kappa shape index (κ2) is 9.26. The molecule has 0 atom stereocenters. The van der Waals surface area contributed by atoms with Crippen LogP contribution >= 0.6 is 0 Å². The molecule has 1 aromatic rings. The molecule has 8 heteroatoms. The number of sulfonamides is 1. The van der Waals surface area contributed by atoms with Gasteiger partial charge in [0, 0.05) is 13.7 Å². The van der Waals surface area contributed by atoms with Crippen molar-refractivity contribution in [2.75, 3.05) is 26.9 Å². The molecule has 22 heavy (non-hydrogen) atoms. The van der Waals surface area contributed by atoms with E-state index in [1.807, 2.05) is 11.6 Å². The summed E-state index contributed by atoms with van der Waals surface area (Å²) < 4.78 is 36.2. The second-order valence-corrected chi connectivity index (χ2v) is 6.21. The van der Waals surface area contributed by atoms with Crippen LogP contribution in [0.1, 0.15) is 19.8 Å². The monoisotopic (exact) mass is 330 g/mol. The summed E-state index contributed by atoms with van der Waals surface area (Å²) >= 11 is 0. The van der Waals surface area contributed by atoms with Crippen molar-refractivity contribution in [1.29, 1.82) is 0 Å². The highest BCUT2D eigenvalue weighted by Gasteiger charge is 2.17. The van der Waals surface area contributed by atoms with Gasteiger partial charge in [0.15, 0.2) is 0 Å². The Bertz CT molecular complexity index is 557. The van der Waals surface area contributed by atoms with E-state index in [1.165, 1.54) is 24.3 Å². The van der Waals surface area contributed by atoms with E-state index in [2.05, 4.69) is 5.32 Å². The van der Waals surface area contributed by atoms with E-state index in [0.29, 0.717) is 25.5 Å². The number of ether oxygens (including phenoxy) is 2. The van der Waals surface area contributed by atoms with Crippen molar-refractivity contribution in [2.45, 2.75) is 24.7 Å². The summed E-state index contributed by atoms with van der Waals surface area (Å²) in [5.74, 6) is 0.531. The lowest BCUT2D eigenvalue weighted by Gasteiger charge is -2.09. The molecule has 0 aliphatic rings. The van der Waals surface area contributed by atoms with Crippen molar-refractivity contribution in [3.05, 3.63) is 24.3 Å². The highest BCUT2D eigenvalue weighted by molar-refractivity contribution is 7.90. The normalized spacial score (nSPS) is 11.0. The van der Waals surface area contributed by atoms with Crippen LogP contribution in [0.4, 0.5) is 4.79 Å². The summed E-state index contributed by atoms with van der Waals surface area (Å²) in [4.78, 5) is 11.5. The fourth-order valence-electron chi connectivity index (χ4n) is 1.55. The first-order chi connectivity index (χ1) is 10.5. The lowest BCUT2D eigenvalue weighted by molar-refractivity contribution is 0.146. The summed E-state index contributed by atoms with van der Waals surface area (Å²) in [6, 6.07) is 5.08. The zero-order valence-corrected chi connectivity index (χ0v) is 13.6. The molecule has 2 N–H and O–H groups in total. The van der Waals surface area contributed by atoms with Crippen molar-refractivity contribution >= 4 is 16.1 Å². The minimum Gasteiger partial charge on any atom is -0.491 e. The van der Waals surface area contributed by atoms with Crippen molar-refractivity contribution < 1.29 is 22.7 Å². The number of benzene rings is 1. The minimum atomic E-state index is -3.88. The molecule has 0 fully saturated rings. The van der Waals surface area contributed by atoms with Gasteiger partial charge in [-0.2, -0.15) is 0 Å². The number of carbonyl (C=O) groups excluding carboxylic acids is 1. The molecule has 0 saturated carbocycles. The molecule has 0 aliphatic carbocycles. The molecular formula is C14H22N2O5S. The van der Waals surface area contributed by atoms with Crippen LogP contribution in [-0.4, -0.2) is 41.3 Å². The van der Waals surface area contributed by atoms with Crippen LogP contribution in [0, 0.1) is 0 Å². The van der Waals surface area contributed by atoms with E-state index in [1.54, 1.807) is 7.11 Å². The molecule has 0 radical (unpaired) electrons. The number of unbranched alkanes of at least 4 members (excludes halogenated alkanes) is 1. The number of hydrogen-bond acceptors (Lipinski definition) is 5. The van der Waals surface area contributed by atoms with Gasteiger partial charge in [-0.1, -0.05) is 13.3 Å². The number of carbonyl (C=O) groups is 1. The number of urea groups is 1. The molecule has 7 nitrogen and oxygen atoms in total. The smallest absolute Gasteiger partial charge is 0.328 e. The molecule has 1 rings (SSSR count). The Labute approximate surface area is 131 Å². The Kier molecular flexibility index (Phi) is 7.69. The molecule has 1 aromatic carbocycles. The lowest BCUT2D eigenvalue weighted by atomic mass is 10.3. The van der Waals surface area contributed by atoms with E-state index in [4.69, 9.17) is 9.47 Å². The standard InChI is InChI=1S/C14H22N2O5S/c1-3-4-9-15-14(17)16-22(18,19)13-7-5-12(6-8-13)21-11-10-20-2/h5-8H,3-4,9-11H2,1-2H3,(H2,15,16,17). The first-order valence-electron chi connectivity index (χ1n) is 7.02. The molecule has 0 unspecified atom stereocenters. The molecule has 0 aliphatic heterocycles. The minimum absolute atomic E-state index is 0.00256. The van der Waals surface area contributed by atoms with Crippen molar-refractivity contribution in [2.24, 2.45) is 0 Å². The van der Waals surface area contributed by atoms with E-state index >= 15 is 0 Å². The lowest BCUT2D eigenvalue weighted by Crippen LogP contribution is -2.39. The Morgan fingerprint density at radius 1 is 1.18 bits per heavy atom. The Balaban J connectivity index is 2.59. The fraction of sp³-hybridized carbons (Fsp3) is 0.500. The third-order valence-electron chi connectivity index (χ3n) is 2.73. The van der Waals surface area contributed by atoms with Crippen LogP contribution in [0.2, 0.25) is 0 Å².